The Morgan fingerprint density at radius 2 is 0.714 bits per heavy atom. The fraction of sp³-hybridized carbons (Fsp3) is 0.947. The van der Waals surface area contributed by atoms with E-state index in [4.69, 9.17) is 18.5 Å². The summed E-state index contributed by atoms with van der Waals surface area (Å²) in [5.74, 6) is -1.02. The first-order valence-corrected chi connectivity index (χ1v) is 21.5. The van der Waals surface area contributed by atoms with Gasteiger partial charge in [-0.1, -0.05) is 168 Å². The molecule has 0 aliphatic heterocycles. The second-order valence-electron chi connectivity index (χ2n) is 13.6. The van der Waals surface area contributed by atoms with Gasteiger partial charge in [0.2, 0.25) is 0 Å². The van der Waals surface area contributed by atoms with Crippen LogP contribution in [0.5, 0.6) is 0 Å². The minimum atomic E-state index is -4.61. The summed E-state index contributed by atoms with van der Waals surface area (Å²) in [6, 6.07) is 0. The summed E-state index contributed by atoms with van der Waals surface area (Å²) < 4.78 is 32.3. The normalized spacial score (nSPS) is 14.0. The number of rotatable bonds is 38. The van der Waals surface area contributed by atoms with Crippen LogP contribution in [0.2, 0.25) is 0 Å². The van der Waals surface area contributed by atoms with Crippen molar-refractivity contribution in [1.82, 2.24) is 0 Å². The van der Waals surface area contributed by atoms with Crippen LogP contribution in [-0.2, 0) is 32.7 Å². The largest absolute Gasteiger partial charge is 0.472 e. The molecule has 0 aromatic carbocycles. The van der Waals surface area contributed by atoms with E-state index in [0.29, 0.717) is 12.8 Å². The van der Waals surface area contributed by atoms with Crippen LogP contribution < -0.4 is 0 Å². The van der Waals surface area contributed by atoms with E-state index in [0.717, 1.165) is 44.9 Å². The first kappa shape index (κ1) is 48.0. The maximum atomic E-state index is 12.3. The highest BCUT2D eigenvalue weighted by molar-refractivity contribution is 7.47. The van der Waals surface area contributed by atoms with Crippen molar-refractivity contribution in [2.24, 2.45) is 0 Å². The Morgan fingerprint density at radius 1 is 0.469 bits per heavy atom. The van der Waals surface area contributed by atoms with Gasteiger partial charge >= 0.3 is 19.8 Å². The highest BCUT2D eigenvalue weighted by Crippen LogP contribution is 2.43. The smallest absolute Gasteiger partial charge is 0.457 e. The topological polar surface area (TPSA) is 149 Å². The van der Waals surface area contributed by atoms with Crippen molar-refractivity contribution in [3.05, 3.63) is 0 Å². The summed E-state index contributed by atoms with van der Waals surface area (Å²) in [5.41, 5.74) is 0. The summed E-state index contributed by atoms with van der Waals surface area (Å²) in [4.78, 5) is 34.2. The molecule has 0 radical (unpaired) electrons. The molecular weight excluding hydrogens is 647 g/mol. The van der Waals surface area contributed by atoms with E-state index in [-0.39, 0.29) is 12.8 Å². The Balaban J connectivity index is 3.81. The fourth-order valence-corrected chi connectivity index (χ4v) is 6.49. The standard InChI is InChI=1S/C38H75O10P/c1-3-5-7-9-11-12-13-14-15-16-17-18-19-20-21-22-23-24-26-28-30-38(42)48-36(32-40)34-46-49(43,44)45-33-35(31-39)47-37(41)29-27-25-10-8-6-4-2/h35-36,39-40H,3-34H2,1-2H3,(H,43,44). The molecule has 0 aliphatic carbocycles. The number of carbonyl (C=O) groups excluding carboxylic acids is 2. The third-order valence-electron chi connectivity index (χ3n) is 8.82. The molecule has 292 valence electrons. The average molecular weight is 723 g/mol. The number of aliphatic hydroxyl groups excluding tert-OH is 2. The molecule has 11 heteroatoms. The van der Waals surface area contributed by atoms with Crippen molar-refractivity contribution in [3.8, 4) is 0 Å². The summed E-state index contributed by atoms with van der Waals surface area (Å²) in [6.07, 6.45) is 29.8. The van der Waals surface area contributed by atoms with Gasteiger partial charge in [-0.15, -0.1) is 0 Å². The Hall–Kier alpha value is -1.03. The van der Waals surface area contributed by atoms with E-state index in [2.05, 4.69) is 13.8 Å². The lowest BCUT2D eigenvalue weighted by atomic mass is 10.0. The molecule has 0 aromatic rings. The molecule has 0 rings (SSSR count). The van der Waals surface area contributed by atoms with Gasteiger partial charge in [-0.05, 0) is 12.8 Å². The molecule has 0 amide bonds. The number of phosphoric ester groups is 1. The molecule has 0 aromatic heterocycles. The van der Waals surface area contributed by atoms with Crippen molar-refractivity contribution in [2.75, 3.05) is 26.4 Å². The molecule has 0 aliphatic rings. The third-order valence-corrected chi connectivity index (χ3v) is 9.77. The Bertz CT molecular complexity index is 796. The van der Waals surface area contributed by atoms with Gasteiger partial charge in [-0.25, -0.2) is 4.57 Å². The summed E-state index contributed by atoms with van der Waals surface area (Å²) >= 11 is 0. The van der Waals surface area contributed by atoms with Crippen LogP contribution in [0.15, 0.2) is 0 Å². The Kier molecular flexibility index (Phi) is 34.6. The molecular formula is C38H75O10P. The Labute approximate surface area is 299 Å². The predicted octanol–water partition coefficient (Wildman–Crippen LogP) is 9.89. The molecule has 10 nitrogen and oxygen atoms in total. The van der Waals surface area contributed by atoms with E-state index in [1.807, 2.05) is 0 Å². The van der Waals surface area contributed by atoms with E-state index < -0.39 is 58.4 Å². The van der Waals surface area contributed by atoms with Crippen LogP contribution in [0.3, 0.4) is 0 Å². The number of esters is 2. The average Bonchev–Trinajstić information content (AvgIpc) is 3.09. The minimum Gasteiger partial charge on any atom is -0.457 e. The van der Waals surface area contributed by atoms with Crippen molar-refractivity contribution < 1.29 is 47.8 Å². The minimum absolute atomic E-state index is 0.193. The summed E-state index contributed by atoms with van der Waals surface area (Å²) in [5, 5.41) is 19.0. The molecule has 0 saturated heterocycles. The second-order valence-corrected chi connectivity index (χ2v) is 15.1. The molecule has 49 heavy (non-hydrogen) atoms. The number of ether oxygens (including phenoxy) is 2. The van der Waals surface area contributed by atoms with Crippen LogP contribution in [-0.4, -0.2) is 65.7 Å². The van der Waals surface area contributed by atoms with E-state index >= 15 is 0 Å². The van der Waals surface area contributed by atoms with Crippen molar-refractivity contribution in [1.29, 1.82) is 0 Å². The van der Waals surface area contributed by atoms with Crippen LogP contribution >= 0.6 is 7.82 Å². The van der Waals surface area contributed by atoms with Crippen molar-refractivity contribution >= 4 is 19.8 Å². The SMILES string of the molecule is CCCCCCCCCCCCCCCCCCCCCCC(=O)OC(CO)COP(=O)(O)OCC(CO)OC(=O)CCCCCCCC. The van der Waals surface area contributed by atoms with Crippen LogP contribution in [0, 0.1) is 0 Å². The second kappa shape index (κ2) is 35.4. The van der Waals surface area contributed by atoms with E-state index in [9.17, 15) is 29.3 Å². The lowest BCUT2D eigenvalue weighted by Gasteiger charge is -2.20. The van der Waals surface area contributed by atoms with Gasteiger partial charge in [0.25, 0.3) is 0 Å². The molecule has 3 N–H and O–H groups in total. The fourth-order valence-electron chi connectivity index (χ4n) is 5.70. The van der Waals surface area contributed by atoms with E-state index in [1.165, 1.54) is 109 Å². The number of hydrogen-bond acceptors (Lipinski definition) is 9. The first-order valence-electron chi connectivity index (χ1n) is 20.0. The lowest BCUT2D eigenvalue weighted by molar-refractivity contribution is -0.153. The van der Waals surface area contributed by atoms with Crippen LogP contribution in [0.1, 0.15) is 194 Å². The quantitative estimate of drug-likeness (QED) is 0.0319. The van der Waals surface area contributed by atoms with Gasteiger partial charge in [-0.2, -0.15) is 0 Å². The molecule has 0 bridgehead atoms. The zero-order valence-electron chi connectivity index (χ0n) is 31.4. The molecule has 0 spiro atoms. The zero-order chi connectivity index (χ0) is 36.3. The summed E-state index contributed by atoms with van der Waals surface area (Å²) in [7, 11) is -4.61. The summed E-state index contributed by atoms with van der Waals surface area (Å²) in [6.45, 7) is 2.14. The van der Waals surface area contributed by atoms with Gasteiger partial charge in [-0.3, -0.25) is 18.6 Å². The van der Waals surface area contributed by atoms with Gasteiger partial charge in [0, 0.05) is 12.8 Å². The number of aliphatic hydroxyl groups is 2. The molecule has 0 fully saturated rings. The lowest BCUT2D eigenvalue weighted by Crippen LogP contribution is -2.28. The Morgan fingerprint density at radius 3 is 0.959 bits per heavy atom. The maximum Gasteiger partial charge on any atom is 0.472 e. The van der Waals surface area contributed by atoms with E-state index in [1.54, 1.807) is 0 Å². The predicted molar refractivity (Wildman–Crippen MR) is 196 cm³/mol. The van der Waals surface area contributed by atoms with Crippen molar-refractivity contribution in [2.45, 2.75) is 206 Å². The first-order chi connectivity index (χ1) is 23.8. The number of hydrogen-bond donors (Lipinski definition) is 3. The number of phosphoric acid groups is 1. The monoisotopic (exact) mass is 723 g/mol. The maximum absolute atomic E-state index is 12.3. The highest BCUT2D eigenvalue weighted by atomic mass is 31.2. The van der Waals surface area contributed by atoms with Crippen LogP contribution in [0.4, 0.5) is 0 Å². The highest BCUT2D eigenvalue weighted by Gasteiger charge is 2.27. The number of unbranched alkanes of at least 4 members (excludes halogenated alkanes) is 24. The molecule has 0 heterocycles. The van der Waals surface area contributed by atoms with Crippen molar-refractivity contribution in [3.63, 3.8) is 0 Å². The van der Waals surface area contributed by atoms with Gasteiger partial charge in [0.05, 0.1) is 26.4 Å². The number of carbonyl (C=O) groups is 2. The molecule has 3 unspecified atom stereocenters. The zero-order valence-corrected chi connectivity index (χ0v) is 32.3. The third kappa shape index (κ3) is 33.9. The van der Waals surface area contributed by atoms with Crippen LogP contribution in [0.25, 0.3) is 0 Å². The molecule has 0 saturated carbocycles. The van der Waals surface area contributed by atoms with Gasteiger partial charge in [0.1, 0.15) is 12.2 Å². The van der Waals surface area contributed by atoms with Gasteiger partial charge in [0.15, 0.2) is 0 Å². The van der Waals surface area contributed by atoms with Gasteiger partial charge < -0.3 is 24.6 Å². The molecule has 3 atom stereocenters.